The number of benzene rings is 1. The molecule has 0 spiro atoms. The number of likely N-dealkylation sites (tertiary alicyclic amines) is 1. The molecule has 2 aromatic rings. The van der Waals surface area contributed by atoms with Crippen LogP contribution in [0, 0.1) is 0 Å². The first kappa shape index (κ1) is 18.1. The van der Waals surface area contributed by atoms with Gasteiger partial charge in [-0.15, -0.1) is 0 Å². The predicted molar refractivity (Wildman–Crippen MR) is 105 cm³/mol. The minimum Gasteiger partial charge on any atom is -0.336 e. The van der Waals surface area contributed by atoms with E-state index in [1.54, 1.807) is 6.07 Å². The molecule has 2 fully saturated rings. The van der Waals surface area contributed by atoms with E-state index in [4.69, 9.17) is 0 Å². The van der Waals surface area contributed by atoms with E-state index < -0.39 is 0 Å². The van der Waals surface area contributed by atoms with Gasteiger partial charge in [-0.3, -0.25) is 14.5 Å². The molecule has 0 radical (unpaired) electrons. The van der Waals surface area contributed by atoms with Gasteiger partial charge in [-0.05, 0) is 26.3 Å². The highest BCUT2D eigenvalue weighted by molar-refractivity contribution is 6.04. The molecule has 0 bridgehead atoms. The van der Waals surface area contributed by atoms with Crippen LogP contribution in [0.3, 0.4) is 0 Å². The number of carbonyl (C=O) groups is 1. The molecule has 2 aliphatic rings. The Kier molecular flexibility index (Phi) is 4.97. The lowest BCUT2D eigenvalue weighted by atomic mass is 10.1. The average molecular weight is 369 g/mol. The summed E-state index contributed by atoms with van der Waals surface area (Å²) in [7, 11) is 0. The van der Waals surface area contributed by atoms with E-state index in [2.05, 4.69) is 15.3 Å². The second-order valence-corrected chi connectivity index (χ2v) is 7.72. The van der Waals surface area contributed by atoms with Crippen molar-refractivity contribution in [1.29, 1.82) is 0 Å². The maximum atomic E-state index is 13.3. The Balaban J connectivity index is 1.65. The summed E-state index contributed by atoms with van der Waals surface area (Å²) in [6, 6.07) is 7.61. The van der Waals surface area contributed by atoms with Gasteiger partial charge in [0.05, 0.1) is 11.4 Å². The van der Waals surface area contributed by atoms with Crippen molar-refractivity contribution in [3.63, 3.8) is 0 Å². The predicted octanol–water partition coefficient (Wildman–Crippen LogP) is 1.10. The number of nitrogens with one attached hydrogen (secondary N) is 1. The Hall–Kier alpha value is -2.25. The fourth-order valence-corrected chi connectivity index (χ4v) is 4.14. The lowest BCUT2D eigenvalue weighted by molar-refractivity contribution is 0.0767. The number of fused-ring (bicyclic) bond motifs is 1. The molecule has 1 N–H and O–H groups in total. The van der Waals surface area contributed by atoms with Crippen LogP contribution in [0.1, 0.15) is 36.8 Å². The SMILES string of the molecule is CC(C)n1nc(C(=O)N2CCC(N3CCNCC3)C2)c2ccccc2c1=O. The van der Waals surface area contributed by atoms with Crippen molar-refractivity contribution < 1.29 is 4.79 Å². The van der Waals surface area contributed by atoms with E-state index in [-0.39, 0.29) is 17.5 Å². The molecule has 4 rings (SSSR count). The molecule has 0 aliphatic carbocycles. The van der Waals surface area contributed by atoms with Crippen molar-refractivity contribution in [3.05, 3.63) is 40.3 Å². The summed E-state index contributed by atoms with van der Waals surface area (Å²) >= 11 is 0. The Morgan fingerprint density at radius 2 is 1.85 bits per heavy atom. The number of rotatable bonds is 3. The molecule has 1 unspecified atom stereocenters. The average Bonchev–Trinajstić information content (AvgIpc) is 3.19. The van der Waals surface area contributed by atoms with Gasteiger partial charge in [-0.2, -0.15) is 5.10 Å². The number of hydrogen-bond acceptors (Lipinski definition) is 5. The van der Waals surface area contributed by atoms with Crippen molar-refractivity contribution in [1.82, 2.24) is 24.9 Å². The van der Waals surface area contributed by atoms with Gasteiger partial charge in [-0.25, -0.2) is 4.68 Å². The van der Waals surface area contributed by atoms with Crippen LogP contribution in [-0.4, -0.2) is 70.8 Å². The molecule has 0 saturated carbocycles. The summed E-state index contributed by atoms with van der Waals surface area (Å²) in [5.41, 5.74) is 0.247. The van der Waals surface area contributed by atoms with Crippen LogP contribution in [0.4, 0.5) is 0 Å². The molecule has 144 valence electrons. The first-order valence-electron chi connectivity index (χ1n) is 9.82. The highest BCUT2D eigenvalue weighted by atomic mass is 16.2. The van der Waals surface area contributed by atoms with Crippen molar-refractivity contribution in [3.8, 4) is 0 Å². The first-order valence-corrected chi connectivity index (χ1v) is 9.82. The lowest BCUT2D eigenvalue weighted by Crippen LogP contribution is -2.49. The van der Waals surface area contributed by atoms with E-state index in [1.807, 2.05) is 36.9 Å². The Morgan fingerprint density at radius 1 is 1.15 bits per heavy atom. The van der Waals surface area contributed by atoms with E-state index in [1.165, 1.54) is 4.68 Å². The standard InChI is InChI=1S/C20H27N5O2/c1-14(2)25-19(26)17-6-4-3-5-16(17)18(22-25)20(27)24-10-7-15(13-24)23-11-8-21-9-12-23/h3-6,14-15,21H,7-13H2,1-2H3. The third-order valence-electron chi connectivity index (χ3n) is 5.64. The van der Waals surface area contributed by atoms with Crippen LogP contribution in [0.2, 0.25) is 0 Å². The molecule has 7 nitrogen and oxygen atoms in total. The van der Waals surface area contributed by atoms with Gasteiger partial charge in [0.15, 0.2) is 5.69 Å². The molecule has 1 aromatic carbocycles. The Bertz CT molecular complexity index is 901. The molecule has 1 aromatic heterocycles. The van der Waals surface area contributed by atoms with E-state index in [0.717, 1.165) is 45.7 Å². The topological polar surface area (TPSA) is 70.5 Å². The zero-order chi connectivity index (χ0) is 19.0. The maximum absolute atomic E-state index is 13.3. The first-order chi connectivity index (χ1) is 13.1. The highest BCUT2D eigenvalue weighted by Crippen LogP contribution is 2.21. The molecule has 3 heterocycles. The minimum absolute atomic E-state index is 0.0711. The summed E-state index contributed by atoms with van der Waals surface area (Å²) in [5, 5.41) is 9.05. The number of hydrogen-bond donors (Lipinski definition) is 1. The summed E-state index contributed by atoms with van der Waals surface area (Å²) < 4.78 is 1.43. The summed E-state index contributed by atoms with van der Waals surface area (Å²) in [6.45, 7) is 9.38. The van der Waals surface area contributed by atoms with Crippen LogP contribution in [-0.2, 0) is 0 Å². The summed E-state index contributed by atoms with van der Waals surface area (Å²) in [5.74, 6) is -0.0711. The Morgan fingerprint density at radius 3 is 2.56 bits per heavy atom. The van der Waals surface area contributed by atoms with Gasteiger partial charge in [0.1, 0.15) is 0 Å². The van der Waals surface area contributed by atoms with Gasteiger partial charge in [-0.1, -0.05) is 18.2 Å². The number of piperazine rings is 1. The fourth-order valence-electron chi connectivity index (χ4n) is 4.14. The van der Waals surface area contributed by atoms with Crippen LogP contribution in [0.5, 0.6) is 0 Å². The monoisotopic (exact) mass is 369 g/mol. The van der Waals surface area contributed by atoms with Crippen LogP contribution >= 0.6 is 0 Å². The van der Waals surface area contributed by atoms with Gasteiger partial charge < -0.3 is 10.2 Å². The highest BCUT2D eigenvalue weighted by Gasteiger charge is 2.33. The number of carbonyl (C=O) groups excluding carboxylic acids is 1. The normalized spacial score (nSPS) is 21.3. The second kappa shape index (κ2) is 7.40. The van der Waals surface area contributed by atoms with Gasteiger partial charge in [0, 0.05) is 50.7 Å². The summed E-state index contributed by atoms with van der Waals surface area (Å²) in [6.07, 6.45) is 0.994. The lowest BCUT2D eigenvalue weighted by Gasteiger charge is -2.32. The van der Waals surface area contributed by atoms with Crippen molar-refractivity contribution in [2.75, 3.05) is 39.3 Å². The number of nitrogens with zero attached hydrogens (tertiary/aromatic N) is 4. The minimum atomic E-state index is -0.141. The quantitative estimate of drug-likeness (QED) is 0.877. The maximum Gasteiger partial charge on any atom is 0.275 e. The molecule has 2 saturated heterocycles. The number of aromatic nitrogens is 2. The zero-order valence-electron chi connectivity index (χ0n) is 16.0. The largest absolute Gasteiger partial charge is 0.336 e. The molecule has 1 atom stereocenters. The smallest absolute Gasteiger partial charge is 0.275 e. The van der Waals surface area contributed by atoms with Gasteiger partial charge in [0.2, 0.25) is 0 Å². The van der Waals surface area contributed by atoms with Crippen LogP contribution < -0.4 is 10.9 Å². The van der Waals surface area contributed by atoms with E-state index in [0.29, 0.717) is 22.5 Å². The molecular weight excluding hydrogens is 342 g/mol. The van der Waals surface area contributed by atoms with E-state index in [9.17, 15) is 9.59 Å². The number of amides is 1. The van der Waals surface area contributed by atoms with Crippen molar-refractivity contribution in [2.24, 2.45) is 0 Å². The van der Waals surface area contributed by atoms with Gasteiger partial charge >= 0.3 is 0 Å². The zero-order valence-corrected chi connectivity index (χ0v) is 16.0. The second-order valence-electron chi connectivity index (χ2n) is 7.72. The van der Waals surface area contributed by atoms with Crippen LogP contribution in [0.15, 0.2) is 29.1 Å². The van der Waals surface area contributed by atoms with E-state index >= 15 is 0 Å². The van der Waals surface area contributed by atoms with Crippen LogP contribution in [0.25, 0.3) is 10.8 Å². The fraction of sp³-hybridized carbons (Fsp3) is 0.550. The van der Waals surface area contributed by atoms with Crippen molar-refractivity contribution in [2.45, 2.75) is 32.4 Å². The third kappa shape index (κ3) is 3.37. The molecule has 2 aliphatic heterocycles. The third-order valence-corrected chi connectivity index (χ3v) is 5.64. The summed E-state index contributed by atoms with van der Waals surface area (Å²) in [4.78, 5) is 30.4. The van der Waals surface area contributed by atoms with Crippen molar-refractivity contribution >= 4 is 16.7 Å². The molecule has 1 amide bonds. The van der Waals surface area contributed by atoms with Gasteiger partial charge in [0.25, 0.3) is 11.5 Å². The molecular formula is C20H27N5O2. The Labute approximate surface area is 158 Å². The molecule has 27 heavy (non-hydrogen) atoms. The molecule has 7 heteroatoms.